The molecule has 0 aromatic carbocycles. The third-order valence-electron chi connectivity index (χ3n) is 3.84. The quantitative estimate of drug-likeness (QED) is 0.771. The van der Waals surface area contributed by atoms with Crippen LogP contribution in [0.25, 0.3) is 5.57 Å². The summed E-state index contributed by atoms with van der Waals surface area (Å²) < 4.78 is 27.3. The highest BCUT2D eigenvalue weighted by atomic mass is 19.1. The van der Waals surface area contributed by atoms with Crippen molar-refractivity contribution >= 4 is 17.5 Å². The molecule has 3 N–H and O–H groups in total. The van der Waals surface area contributed by atoms with Crippen LogP contribution < -0.4 is 10.6 Å². The second kappa shape index (κ2) is 6.35. The zero-order valence-electron chi connectivity index (χ0n) is 13.2. The maximum atomic E-state index is 14.2. The monoisotopic (exact) mass is 325 g/mol. The van der Waals surface area contributed by atoms with Crippen molar-refractivity contribution in [2.24, 2.45) is 0 Å². The van der Waals surface area contributed by atoms with E-state index >= 15 is 0 Å². The number of aromatic nitrogens is 3. The number of rotatable bonds is 5. The Morgan fingerprint density at radius 2 is 1.91 bits per heavy atom. The summed E-state index contributed by atoms with van der Waals surface area (Å²) in [4.78, 5) is 12.7. The molecule has 0 radical (unpaired) electrons. The van der Waals surface area contributed by atoms with E-state index in [1.165, 1.54) is 0 Å². The van der Waals surface area contributed by atoms with E-state index in [1.807, 2.05) is 13.8 Å². The summed E-state index contributed by atoms with van der Waals surface area (Å²) >= 11 is 0. The van der Waals surface area contributed by atoms with E-state index in [1.54, 1.807) is 0 Å². The predicted octanol–water partition coefficient (Wildman–Crippen LogP) is 2.44. The number of anilines is 2. The molecule has 1 unspecified atom stereocenters. The van der Waals surface area contributed by atoms with Crippen LogP contribution in [0.5, 0.6) is 0 Å². The topological polar surface area (TPSA) is 83.0 Å². The van der Waals surface area contributed by atoms with E-state index in [2.05, 4.69) is 25.6 Å². The molecule has 1 aromatic rings. The normalized spacial score (nSPS) is 27.3. The van der Waals surface area contributed by atoms with Crippen molar-refractivity contribution in [3.8, 4) is 0 Å². The number of nitrogens with zero attached hydrogens (tertiary/aromatic N) is 3. The molecule has 1 heterocycles. The van der Waals surface area contributed by atoms with Crippen molar-refractivity contribution < 1.29 is 13.9 Å². The maximum absolute atomic E-state index is 14.2. The van der Waals surface area contributed by atoms with Gasteiger partial charge in [0.15, 0.2) is 5.82 Å². The average Bonchev–Trinajstić information content (AvgIpc) is 3.16. The summed E-state index contributed by atoms with van der Waals surface area (Å²) in [5.41, 5.74) is 0.300. The molecule has 1 saturated carbocycles. The van der Waals surface area contributed by atoms with Gasteiger partial charge in [-0.05, 0) is 33.1 Å². The van der Waals surface area contributed by atoms with Gasteiger partial charge >= 0.3 is 0 Å². The fourth-order valence-electron chi connectivity index (χ4n) is 2.52. The Kier molecular flexibility index (Phi) is 4.43. The van der Waals surface area contributed by atoms with E-state index < -0.39 is 18.1 Å². The Hall–Kier alpha value is -1.83. The molecule has 0 spiro atoms. The smallest absolute Gasteiger partial charge is 0.228 e. The van der Waals surface area contributed by atoms with Crippen molar-refractivity contribution in [1.29, 1.82) is 0 Å². The van der Waals surface area contributed by atoms with Crippen LogP contribution >= 0.6 is 0 Å². The number of alkyl halides is 1. The molecule has 3 atom stereocenters. The lowest BCUT2D eigenvalue weighted by Gasteiger charge is -2.19. The van der Waals surface area contributed by atoms with Crippen LogP contribution in [0.4, 0.5) is 20.7 Å². The van der Waals surface area contributed by atoms with Gasteiger partial charge in [0.1, 0.15) is 18.1 Å². The van der Waals surface area contributed by atoms with E-state index in [0.717, 1.165) is 0 Å². The van der Waals surface area contributed by atoms with E-state index in [4.69, 9.17) is 0 Å². The van der Waals surface area contributed by atoms with Gasteiger partial charge < -0.3 is 15.7 Å². The first kappa shape index (κ1) is 16.0. The van der Waals surface area contributed by atoms with Crippen LogP contribution in [-0.2, 0) is 0 Å². The van der Waals surface area contributed by atoms with Gasteiger partial charge in [-0.15, -0.1) is 0 Å². The van der Waals surface area contributed by atoms with Gasteiger partial charge in [-0.3, -0.25) is 0 Å². The highest BCUT2D eigenvalue weighted by Gasteiger charge is 2.38. The number of hydrogen-bond donors (Lipinski definition) is 3. The van der Waals surface area contributed by atoms with Crippen molar-refractivity contribution in [2.75, 3.05) is 10.6 Å². The van der Waals surface area contributed by atoms with Crippen LogP contribution in [0, 0.1) is 0 Å². The molecule has 1 aromatic heterocycles. The zero-order chi connectivity index (χ0) is 16.6. The van der Waals surface area contributed by atoms with Gasteiger partial charge in [0.2, 0.25) is 11.9 Å². The Labute approximate surface area is 133 Å². The lowest BCUT2D eigenvalue weighted by Crippen LogP contribution is -2.19. The minimum atomic E-state index is -1.10. The van der Waals surface area contributed by atoms with Gasteiger partial charge in [0.05, 0.1) is 6.04 Å². The summed E-state index contributed by atoms with van der Waals surface area (Å²) in [6, 6.07) is -0.211. The fraction of sp³-hybridized carbons (Fsp3) is 0.667. The third-order valence-corrected chi connectivity index (χ3v) is 3.84. The largest absolute Gasteiger partial charge is 0.386 e. The predicted molar refractivity (Wildman–Crippen MR) is 83.4 cm³/mol. The number of hydrogen-bond acceptors (Lipinski definition) is 6. The maximum Gasteiger partial charge on any atom is 0.228 e. The molecule has 126 valence electrons. The Morgan fingerprint density at radius 3 is 2.57 bits per heavy atom. The standard InChI is InChI=1S/C15H21F2N5O/c1-7(2)18-14-20-13(8-4-3-5-11(23)12(8)17)21-15(22-14)19-10-6-9(10)16/h7,9-11,23H,3-6H2,1-2H3,(H2,18,19,20,21,22)/t9-,10+,11?/m0/s1. The van der Waals surface area contributed by atoms with Gasteiger partial charge in [0.25, 0.3) is 0 Å². The van der Waals surface area contributed by atoms with Crippen molar-refractivity contribution in [3.05, 3.63) is 11.7 Å². The van der Waals surface area contributed by atoms with Crippen molar-refractivity contribution in [1.82, 2.24) is 15.0 Å². The number of aliphatic hydroxyl groups excluding tert-OH is 1. The van der Waals surface area contributed by atoms with Gasteiger partial charge in [-0.2, -0.15) is 15.0 Å². The van der Waals surface area contributed by atoms with Crippen molar-refractivity contribution in [3.63, 3.8) is 0 Å². The summed E-state index contributed by atoms with van der Waals surface area (Å²) in [5, 5.41) is 15.7. The molecule has 6 nitrogen and oxygen atoms in total. The summed E-state index contributed by atoms with van der Waals surface area (Å²) in [6.45, 7) is 3.86. The molecule has 1 fully saturated rings. The highest BCUT2D eigenvalue weighted by Crippen LogP contribution is 2.33. The lowest BCUT2D eigenvalue weighted by atomic mass is 9.96. The fourth-order valence-corrected chi connectivity index (χ4v) is 2.52. The highest BCUT2D eigenvalue weighted by molar-refractivity contribution is 5.65. The summed E-state index contributed by atoms with van der Waals surface area (Å²) in [6.07, 6.45) is -0.0579. The van der Waals surface area contributed by atoms with E-state index in [-0.39, 0.29) is 23.9 Å². The van der Waals surface area contributed by atoms with Crippen LogP contribution in [-0.4, -0.2) is 44.4 Å². The molecule has 8 heteroatoms. The molecule has 0 amide bonds. The molecular weight excluding hydrogens is 304 g/mol. The molecule has 2 aliphatic carbocycles. The Bertz CT molecular complexity index is 622. The summed E-state index contributed by atoms with van der Waals surface area (Å²) in [7, 11) is 0. The number of halogens is 2. The van der Waals surface area contributed by atoms with Gasteiger partial charge in [-0.25, -0.2) is 8.78 Å². The molecule has 3 rings (SSSR count). The zero-order valence-corrected chi connectivity index (χ0v) is 13.2. The second-order valence-corrected chi connectivity index (χ2v) is 6.34. The average molecular weight is 325 g/mol. The van der Waals surface area contributed by atoms with Gasteiger partial charge in [0, 0.05) is 18.0 Å². The lowest BCUT2D eigenvalue weighted by molar-refractivity contribution is 0.165. The van der Waals surface area contributed by atoms with Crippen LogP contribution in [0.3, 0.4) is 0 Å². The molecule has 23 heavy (non-hydrogen) atoms. The number of allylic oxidation sites excluding steroid dienone is 1. The number of aliphatic hydroxyl groups is 1. The van der Waals surface area contributed by atoms with Crippen LogP contribution in [0.1, 0.15) is 45.4 Å². The molecule has 0 bridgehead atoms. The first-order valence-corrected chi connectivity index (χ1v) is 7.94. The van der Waals surface area contributed by atoms with E-state index in [9.17, 15) is 13.9 Å². The molecular formula is C15H21F2N5O. The first-order valence-electron chi connectivity index (χ1n) is 7.94. The Balaban J connectivity index is 1.94. The van der Waals surface area contributed by atoms with Crippen molar-refractivity contribution in [2.45, 2.75) is 63.9 Å². The molecule has 0 aliphatic heterocycles. The molecule has 0 saturated heterocycles. The Morgan fingerprint density at radius 1 is 1.22 bits per heavy atom. The van der Waals surface area contributed by atoms with Gasteiger partial charge in [-0.1, -0.05) is 0 Å². The first-order chi connectivity index (χ1) is 10.9. The van der Waals surface area contributed by atoms with E-state index in [0.29, 0.717) is 37.2 Å². The minimum absolute atomic E-state index is 0.0868. The minimum Gasteiger partial charge on any atom is -0.386 e. The number of nitrogens with one attached hydrogen (secondary N) is 2. The molecule has 2 aliphatic rings. The third kappa shape index (κ3) is 3.74. The summed E-state index contributed by atoms with van der Waals surface area (Å²) in [5.74, 6) is 0.143. The SMILES string of the molecule is CC(C)Nc1nc(N[C@@H]2C[C@@H]2F)nc(C2=C(F)C(O)CCC2)n1. The second-order valence-electron chi connectivity index (χ2n) is 6.34. The van der Waals surface area contributed by atoms with Crippen LogP contribution in [0.2, 0.25) is 0 Å². The van der Waals surface area contributed by atoms with Crippen LogP contribution in [0.15, 0.2) is 5.83 Å².